The third-order valence-corrected chi connectivity index (χ3v) is 2.38. The van der Waals surface area contributed by atoms with Crippen LogP contribution in [0, 0.1) is 0 Å². The van der Waals surface area contributed by atoms with Crippen molar-refractivity contribution in [1.29, 1.82) is 0 Å². The molecule has 1 aromatic carbocycles. The molecule has 0 radical (unpaired) electrons. The van der Waals surface area contributed by atoms with Gasteiger partial charge in [-0.3, -0.25) is 0 Å². The van der Waals surface area contributed by atoms with Crippen LogP contribution in [-0.4, -0.2) is 6.61 Å². The molecule has 0 N–H and O–H groups in total. The Bertz CT molecular complexity index is 274. The first-order valence-corrected chi connectivity index (χ1v) is 5.72. The van der Waals surface area contributed by atoms with E-state index in [1.165, 1.54) is 19.3 Å². The van der Waals surface area contributed by atoms with Crippen LogP contribution in [0.3, 0.4) is 0 Å². The topological polar surface area (TPSA) is 9.23 Å². The molecule has 0 unspecified atom stereocenters. The summed E-state index contributed by atoms with van der Waals surface area (Å²) in [4.78, 5) is 0. The Morgan fingerprint density at radius 2 is 1.87 bits per heavy atom. The van der Waals surface area contributed by atoms with Crippen molar-refractivity contribution >= 4 is 6.08 Å². The highest BCUT2D eigenvalue weighted by atomic mass is 16.5. The summed E-state index contributed by atoms with van der Waals surface area (Å²) in [5, 5.41) is 0. The summed E-state index contributed by atoms with van der Waals surface area (Å²) < 4.78 is 5.62. The van der Waals surface area contributed by atoms with Gasteiger partial charge < -0.3 is 4.74 Å². The normalized spacial score (nSPS) is 9.93. The first kappa shape index (κ1) is 11.8. The molecule has 0 saturated carbocycles. The molecule has 1 aromatic rings. The molecule has 82 valence electrons. The number of rotatable bonds is 7. The van der Waals surface area contributed by atoms with Gasteiger partial charge in [0.2, 0.25) is 0 Å². The van der Waals surface area contributed by atoms with Gasteiger partial charge in [0.1, 0.15) is 5.75 Å². The fourth-order valence-electron chi connectivity index (χ4n) is 1.42. The molecular formula is C14H20O. The standard InChI is InChI=1S/C14H20O/c1-3-5-6-7-12-15-14-10-8-13(4-2)9-11-14/h4,8-11H,2-3,5-7,12H2,1H3. The van der Waals surface area contributed by atoms with E-state index in [0.717, 1.165) is 24.3 Å². The highest BCUT2D eigenvalue weighted by Gasteiger charge is 1.93. The van der Waals surface area contributed by atoms with Gasteiger partial charge in [-0.15, -0.1) is 0 Å². The summed E-state index contributed by atoms with van der Waals surface area (Å²) >= 11 is 0. The van der Waals surface area contributed by atoms with Gasteiger partial charge in [-0.05, 0) is 24.1 Å². The molecule has 15 heavy (non-hydrogen) atoms. The number of hydrogen-bond acceptors (Lipinski definition) is 1. The van der Waals surface area contributed by atoms with E-state index in [0.29, 0.717) is 0 Å². The van der Waals surface area contributed by atoms with E-state index in [4.69, 9.17) is 4.74 Å². The van der Waals surface area contributed by atoms with Crippen LogP contribution in [0.2, 0.25) is 0 Å². The molecule has 0 saturated heterocycles. The maximum absolute atomic E-state index is 5.62. The molecule has 1 nitrogen and oxygen atoms in total. The summed E-state index contributed by atoms with van der Waals surface area (Å²) in [6, 6.07) is 8.04. The first-order chi connectivity index (χ1) is 7.36. The molecule has 0 aromatic heterocycles. The summed E-state index contributed by atoms with van der Waals surface area (Å²) in [5.74, 6) is 0.956. The average molecular weight is 204 g/mol. The highest BCUT2D eigenvalue weighted by molar-refractivity contribution is 5.48. The lowest BCUT2D eigenvalue weighted by molar-refractivity contribution is 0.305. The molecule has 0 aliphatic rings. The summed E-state index contributed by atoms with van der Waals surface area (Å²) in [7, 11) is 0. The van der Waals surface area contributed by atoms with E-state index in [-0.39, 0.29) is 0 Å². The number of benzene rings is 1. The zero-order valence-corrected chi connectivity index (χ0v) is 9.54. The van der Waals surface area contributed by atoms with Crippen molar-refractivity contribution in [2.75, 3.05) is 6.61 Å². The van der Waals surface area contributed by atoms with Crippen LogP contribution in [0.15, 0.2) is 30.8 Å². The fraction of sp³-hybridized carbons (Fsp3) is 0.429. The summed E-state index contributed by atoms with van der Waals surface area (Å²) in [6.45, 7) is 6.76. The zero-order valence-electron chi connectivity index (χ0n) is 9.54. The Kier molecular flexibility index (Phi) is 5.60. The van der Waals surface area contributed by atoms with Crippen molar-refractivity contribution < 1.29 is 4.74 Å². The molecule has 0 atom stereocenters. The largest absolute Gasteiger partial charge is 0.494 e. The zero-order chi connectivity index (χ0) is 10.9. The lowest BCUT2D eigenvalue weighted by Crippen LogP contribution is -1.96. The van der Waals surface area contributed by atoms with Gasteiger partial charge in [0.05, 0.1) is 6.61 Å². The molecule has 0 aliphatic heterocycles. The number of hydrogen-bond donors (Lipinski definition) is 0. The molecule has 0 spiro atoms. The van der Waals surface area contributed by atoms with Gasteiger partial charge >= 0.3 is 0 Å². The Hall–Kier alpha value is -1.24. The van der Waals surface area contributed by atoms with Gasteiger partial charge in [0, 0.05) is 0 Å². The quantitative estimate of drug-likeness (QED) is 0.602. The van der Waals surface area contributed by atoms with E-state index in [1.54, 1.807) is 0 Å². The lowest BCUT2D eigenvalue weighted by atomic mass is 10.2. The highest BCUT2D eigenvalue weighted by Crippen LogP contribution is 2.13. The van der Waals surface area contributed by atoms with Gasteiger partial charge in [-0.25, -0.2) is 0 Å². The SMILES string of the molecule is C=Cc1ccc(OCCCCCC)cc1. The minimum Gasteiger partial charge on any atom is -0.494 e. The van der Waals surface area contributed by atoms with Crippen molar-refractivity contribution in [1.82, 2.24) is 0 Å². The maximum atomic E-state index is 5.62. The molecular weight excluding hydrogens is 184 g/mol. The van der Waals surface area contributed by atoms with E-state index in [9.17, 15) is 0 Å². The van der Waals surface area contributed by atoms with Crippen LogP contribution in [0.5, 0.6) is 5.75 Å². The van der Waals surface area contributed by atoms with Crippen LogP contribution in [-0.2, 0) is 0 Å². The maximum Gasteiger partial charge on any atom is 0.119 e. The molecule has 0 bridgehead atoms. The summed E-state index contributed by atoms with van der Waals surface area (Å²) in [6.07, 6.45) is 6.83. The Morgan fingerprint density at radius 3 is 2.47 bits per heavy atom. The second-order valence-electron chi connectivity index (χ2n) is 3.68. The van der Waals surface area contributed by atoms with E-state index in [2.05, 4.69) is 13.5 Å². The van der Waals surface area contributed by atoms with Crippen LogP contribution in [0.25, 0.3) is 6.08 Å². The Morgan fingerprint density at radius 1 is 1.13 bits per heavy atom. The Labute approximate surface area is 92.8 Å². The second kappa shape index (κ2) is 7.10. The van der Waals surface area contributed by atoms with Crippen molar-refractivity contribution in [3.05, 3.63) is 36.4 Å². The van der Waals surface area contributed by atoms with Crippen molar-refractivity contribution in [3.8, 4) is 5.75 Å². The molecule has 0 amide bonds. The third-order valence-electron chi connectivity index (χ3n) is 2.38. The van der Waals surface area contributed by atoms with Crippen molar-refractivity contribution in [2.45, 2.75) is 32.6 Å². The van der Waals surface area contributed by atoms with Crippen LogP contribution >= 0.6 is 0 Å². The smallest absolute Gasteiger partial charge is 0.119 e. The van der Waals surface area contributed by atoms with Gasteiger partial charge in [0.15, 0.2) is 0 Å². The van der Waals surface area contributed by atoms with Gasteiger partial charge in [0.25, 0.3) is 0 Å². The van der Waals surface area contributed by atoms with Crippen LogP contribution in [0.4, 0.5) is 0 Å². The van der Waals surface area contributed by atoms with Crippen molar-refractivity contribution in [2.24, 2.45) is 0 Å². The minimum atomic E-state index is 0.827. The monoisotopic (exact) mass is 204 g/mol. The molecule has 1 heteroatoms. The van der Waals surface area contributed by atoms with Crippen molar-refractivity contribution in [3.63, 3.8) is 0 Å². The second-order valence-corrected chi connectivity index (χ2v) is 3.68. The molecule has 0 heterocycles. The van der Waals surface area contributed by atoms with Gasteiger partial charge in [-0.1, -0.05) is 51.0 Å². The van der Waals surface area contributed by atoms with Crippen LogP contribution in [0.1, 0.15) is 38.2 Å². The van der Waals surface area contributed by atoms with Crippen LogP contribution < -0.4 is 4.74 Å². The summed E-state index contributed by atoms with van der Waals surface area (Å²) in [5.41, 5.74) is 1.13. The molecule has 0 fully saturated rings. The van der Waals surface area contributed by atoms with Gasteiger partial charge in [-0.2, -0.15) is 0 Å². The minimum absolute atomic E-state index is 0.827. The molecule has 0 aliphatic carbocycles. The number of unbranched alkanes of at least 4 members (excludes halogenated alkanes) is 3. The van der Waals surface area contributed by atoms with E-state index < -0.39 is 0 Å². The first-order valence-electron chi connectivity index (χ1n) is 5.72. The third kappa shape index (κ3) is 4.68. The van der Waals surface area contributed by atoms with E-state index in [1.807, 2.05) is 30.3 Å². The average Bonchev–Trinajstić information content (AvgIpc) is 2.30. The fourth-order valence-corrected chi connectivity index (χ4v) is 1.42. The van der Waals surface area contributed by atoms with E-state index >= 15 is 0 Å². The Balaban J connectivity index is 2.22. The molecule has 1 rings (SSSR count). The predicted octanol–water partition coefficient (Wildman–Crippen LogP) is 4.29. The lowest BCUT2D eigenvalue weighted by Gasteiger charge is -2.05. The predicted molar refractivity (Wildman–Crippen MR) is 66.2 cm³/mol. The number of ether oxygens (including phenoxy) is 1.